The number of hydrogen-bond donors (Lipinski definition) is 1. The molecule has 0 aromatic rings. The Bertz CT molecular complexity index is 343. The third-order valence-electron chi connectivity index (χ3n) is 4.09. The highest BCUT2D eigenvalue weighted by molar-refractivity contribution is 5.76. The Hall–Kier alpha value is -0.820. The van der Waals surface area contributed by atoms with Crippen LogP contribution in [-0.4, -0.2) is 65.3 Å². The highest BCUT2D eigenvalue weighted by Crippen LogP contribution is 2.24. The Kier molecular flexibility index (Phi) is 4.90. The van der Waals surface area contributed by atoms with Gasteiger partial charge in [-0.2, -0.15) is 13.2 Å². The molecular formula is C13H21F3N2O2. The molecular weight excluding hydrogens is 273 g/mol. The highest BCUT2D eigenvalue weighted by atomic mass is 19.4. The smallest absolute Gasteiger partial charge is 0.389 e. The minimum absolute atomic E-state index is 0.120. The normalized spacial score (nSPS) is 28.9. The van der Waals surface area contributed by atoms with Crippen molar-refractivity contribution in [2.75, 3.05) is 26.2 Å². The Morgan fingerprint density at radius 2 is 1.80 bits per heavy atom. The summed E-state index contributed by atoms with van der Waals surface area (Å²) in [5, 5.41) is 10.0. The number of likely N-dealkylation sites (tertiary alicyclic amines) is 2. The van der Waals surface area contributed by atoms with Crippen molar-refractivity contribution >= 4 is 5.91 Å². The van der Waals surface area contributed by atoms with Crippen LogP contribution in [0.4, 0.5) is 13.2 Å². The van der Waals surface area contributed by atoms with E-state index in [1.807, 2.05) is 0 Å². The average Bonchev–Trinajstić information content (AvgIpc) is 2.78. The van der Waals surface area contributed by atoms with E-state index < -0.39 is 31.0 Å². The average molecular weight is 294 g/mol. The van der Waals surface area contributed by atoms with Gasteiger partial charge in [0.15, 0.2) is 0 Å². The number of carbonyl (C=O) groups excluding carboxylic acids is 1. The topological polar surface area (TPSA) is 43.8 Å². The summed E-state index contributed by atoms with van der Waals surface area (Å²) in [5.74, 6) is -0.513. The summed E-state index contributed by atoms with van der Waals surface area (Å²) in [5.41, 5.74) is 0. The molecule has 2 aliphatic rings. The second-order valence-corrected chi connectivity index (χ2v) is 5.65. The Balaban J connectivity index is 1.84. The van der Waals surface area contributed by atoms with Gasteiger partial charge in [0, 0.05) is 19.5 Å². The number of carbonyl (C=O) groups is 1. The van der Waals surface area contributed by atoms with Crippen LogP contribution in [0.5, 0.6) is 0 Å². The van der Waals surface area contributed by atoms with Crippen LogP contribution in [0, 0.1) is 0 Å². The van der Waals surface area contributed by atoms with E-state index >= 15 is 0 Å². The number of piperidine rings is 1. The third kappa shape index (κ3) is 4.09. The predicted octanol–water partition coefficient (Wildman–Crippen LogP) is 1.39. The second-order valence-electron chi connectivity index (χ2n) is 5.65. The first-order valence-corrected chi connectivity index (χ1v) is 7.13. The zero-order valence-electron chi connectivity index (χ0n) is 11.4. The van der Waals surface area contributed by atoms with Crippen LogP contribution >= 0.6 is 0 Å². The molecule has 2 fully saturated rings. The first-order chi connectivity index (χ1) is 9.37. The van der Waals surface area contributed by atoms with Gasteiger partial charge < -0.3 is 10.0 Å². The van der Waals surface area contributed by atoms with Gasteiger partial charge in [-0.1, -0.05) is 6.42 Å². The lowest BCUT2D eigenvalue weighted by Crippen LogP contribution is -2.46. The fraction of sp³-hybridized carbons (Fsp3) is 0.923. The molecule has 1 amide bonds. The Morgan fingerprint density at radius 1 is 1.15 bits per heavy atom. The van der Waals surface area contributed by atoms with Crippen LogP contribution < -0.4 is 0 Å². The molecule has 2 atom stereocenters. The summed E-state index contributed by atoms with van der Waals surface area (Å²) in [4.78, 5) is 15.3. The number of β-amino-alcohol motifs (C(OH)–C–C–N with tert-alkyl or cyclic N) is 1. The number of hydrogen-bond acceptors (Lipinski definition) is 3. The van der Waals surface area contributed by atoms with Gasteiger partial charge in [-0.25, -0.2) is 0 Å². The monoisotopic (exact) mass is 294 g/mol. The third-order valence-corrected chi connectivity index (χ3v) is 4.09. The summed E-state index contributed by atoms with van der Waals surface area (Å²) in [6, 6.07) is -0.120. The number of rotatable bonds is 3. The van der Waals surface area contributed by atoms with E-state index in [2.05, 4.69) is 4.90 Å². The van der Waals surface area contributed by atoms with Gasteiger partial charge in [-0.05, 0) is 25.9 Å². The van der Waals surface area contributed by atoms with Crippen molar-refractivity contribution in [2.45, 2.75) is 50.4 Å². The van der Waals surface area contributed by atoms with E-state index in [9.17, 15) is 23.1 Å². The van der Waals surface area contributed by atoms with E-state index in [1.165, 1.54) is 11.3 Å². The van der Waals surface area contributed by atoms with Gasteiger partial charge in [0.1, 0.15) is 0 Å². The lowest BCUT2D eigenvalue weighted by atomic mass is 10.1. The molecule has 20 heavy (non-hydrogen) atoms. The second kappa shape index (κ2) is 6.30. The largest absolute Gasteiger partial charge is 0.390 e. The number of nitrogens with zero attached hydrogens (tertiary/aromatic N) is 2. The van der Waals surface area contributed by atoms with Crippen molar-refractivity contribution in [3.8, 4) is 0 Å². The molecule has 1 N–H and O–H groups in total. The lowest BCUT2D eigenvalue weighted by molar-refractivity contribution is -0.148. The van der Waals surface area contributed by atoms with Gasteiger partial charge >= 0.3 is 6.18 Å². The van der Waals surface area contributed by atoms with Gasteiger partial charge in [0.2, 0.25) is 5.91 Å². The molecule has 7 heteroatoms. The standard InChI is InChI=1S/C13H21F3N2O2/c14-13(15,16)5-4-12(20)18-8-10(11(19)9-18)17-6-2-1-3-7-17/h10-11,19H,1-9H2/t10-,11-/m0/s1. The quantitative estimate of drug-likeness (QED) is 0.855. The number of aliphatic hydroxyl groups excluding tert-OH is 1. The zero-order valence-corrected chi connectivity index (χ0v) is 11.4. The maximum Gasteiger partial charge on any atom is 0.389 e. The zero-order chi connectivity index (χ0) is 14.8. The van der Waals surface area contributed by atoms with Crippen LogP contribution in [-0.2, 0) is 4.79 Å². The fourth-order valence-corrected chi connectivity index (χ4v) is 2.99. The van der Waals surface area contributed by atoms with E-state index in [0.29, 0.717) is 6.54 Å². The molecule has 0 unspecified atom stereocenters. The minimum Gasteiger partial charge on any atom is -0.390 e. The highest BCUT2D eigenvalue weighted by Gasteiger charge is 2.38. The predicted molar refractivity (Wildman–Crippen MR) is 67.1 cm³/mol. The molecule has 0 radical (unpaired) electrons. The van der Waals surface area contributed by atoms with Crippen molar-refractivity contribution in [1.82, 2.24) is 9.80 Å². The van der Waals surface area contributed by atoms with Crippen molar-refractivity contribution in [3.05, 3.63) is 0 Å². The summed E-state index contributed by atoms with van der Waals surface area (Å²) in [6.45, 7) is 2.29. The van der Waals surface area contributed by atoms with Crippen LogP contribution in [0.15, 0.2) is 0 Å². The van der Waals surface area contributed by atoms with Gasteiger partial charge in [0.05, 0.1) is 18.6 Å². The molecule has 0 bridgehead atoms. The summed E-state index contributed by atoms with van der Waals surface area (Å²) in [7, 11) is 0. The number of aliphatic hydroxyl groups is 1. The summed E-state index contributed by atoms with van der Waals surface area (Å²) >= 11 is 0. The van der Waals surface area contributed by atoms with Crippen molar-refractivity contribution in [1.29, 1.82) is 0 Å². The van der Waals surface area contributed by atoms with Crippen LogP contribution in [0.2, 0.25) is 0 Å². The molecule has 0 spiro atoms. The number of alkyl halides is 3. The molecule has 4 nitrogen and oxygen atoms in total. The molecule has 2 saturated heterocycles. The van der Waals surface area contributed by atoms with Gasteiger partial charge in [0.25, 0.3) is 0 Å². The SMILES string of the molecule is O=C(CCC(F)(F)F)N1C[C@H](O)[C@@H](N2CCCCC2)C1. The van der Waals surface area contributed by atoms with E-state index in [-0.39, 0.29) is 12.6 Å². The van der Waals surface area contributed by atoms with Crippen LogP contribution in [0.3, 0.4) is 0 Å². The van der Waals surface area contributed by atoms with Crippen molar-refractivity contribution in [3.63, 3.8) is 0 Å². The van der Waals surface area contributed by atoms with Crippen LogP contribution in [0.25, 0.3) is 0 Å². The Labute approximate surface area is 116 Å². The summed E-state index contributed by atoms with van der Waals surface area (Å²) < 4.78 is 36.4. The van der Waals surface area contributed by atoms with E-state index in [0.717, 1.165) is 25.9 Å². The molecule has 2 rings (SSSR count). The van der Waals surface area contributed by atoms with E-state index in [4.69, 9.17) is 0 Å². The van der Waals surface area contributed by atoms with Crippen molar-refractivity contribution < 1.29 is 23.1 Å². The molecule has 116 valence electrons. The maximum atomic E-state index is 12.1. The van der Waals surface area contributed by atoms with E-state index in [1.54, 1.807) is 0 Å². The minimum atomic E-state index is -4.31. The number of halogens is 3. The molecule has 0 aliphatic carbocycles. The summed E-state index contributed by atoms with van der Waals surface area (Å²) in [6.07, 6.45) is -3.25. The van der Waals surface area contributed by atoms with Gasteiger partial charge in [-0.3, -0.25) is 9.69 Å². The molecule has 2 aliphatic heterocycles. The number of amides is 1. The molecule has 2 heterocycles. The molecule has 0 saturated carbocycles. The molecule has 0 aromatic carbocycles. The maximum absolute atomic E-state index is 12.1. The first-order valence-electron chi connectivity index (χ1n) is 7.13. The lowest BCUT2D eigenvalue weighted by Gasteiger charge is -2.33. The fourth-order valence-electron chi connectivity index (χ4n) is 2.99. The van der Waals surface area contributed by atoms with Crippen molar-refractivity contribution in [2.24, 2.45) is 0 Å². The van der Waals surface area contributed by atoms with Crippen LogP contribution in [0.1, 0.15) is 32.1 Å². The van der Waals surface area contributed by atoms with Gasteiger partial charge in [-0.15, -0.1) is 0 Å². The Morgan fingerprint density at radius 3 is 2.40 bits per heavy atom. The first kappa shape index (κ1) is 15.6. The molecule has 0 aromatic heterocycles.